The third-order valence-corrected chi connectivity index (χ3v) is 6.47. The molecule has 188 valence electrons. The molecule has 0 unspecified atom stereocenters. The number of benzene rings is 2. The molecule has 1 aliphatic heterocycles. The minimum atomic E-state index is -0.342. The van der Waals surface area contributed by atoms with Crippen LogP contribution in [-0.4, -0.2) is 53.8 Å². The summed E-state index contributed by atoms with van der Waals surface area (Å²) in [5, 5.41) is 2.96. The fourth-order valence-electron chi connectivity index (χ4n) is 4.46. The van der Waals surface area contributed by atoms with Crippen LogP contribution in [0.5, 0.6) is 0 Å². The second-order valence-corrected chi connectivity index (χ2v) is 8.97. The lowest BCUT2D eigenvalue weighted by molar-refractivity contribution is 0.0600. The topological polar surface area (TPSA) is 92.1 Å². The molecule has 1 aliphatic rings. The van der Waals surface area contributed by atoms with Crippen LogP contribution in [0.1, 0.15) is 51.8 Å². The zero-order chi connectivity index (χ0) is 25.5. The second-order valence-electron chi connectivity index (χ2n) is 8.97. The Morgan fingerprint density at radius 2 is 1.78 bits per heavy atom. The van der Waals surface area contributed by atoms with E-state index in [1.165, 1.54) is 14.0 Å². The molecule has 0 atom stereocenters. The molecule has 2 amide bonds. The van der Waals surface area contributed by atoms with Crippen LogP contribution in [0.4, 0.5) is 10.5 Å². The number of carbonyl (C=O) groups is 3. The first-order valence-electron chi connectivity index (χ1n) is 12.0. The average molecular weight is 490 g/mol. The number of piperidine rings is 1. The van der Waals surface area contributed by atoms with Crippen molar-refractivity contribution in [2.45, 2.75) is 38.9 Å². The van der Waals surface area contributed by atoms with Crippen molar-refractivity contribution in [2.75, 3.05) is 25.5 Å². The van der Waals surface area contributed by atoms with E-state index in [1.807, 2.05) is 29.2 Å². The molecular weight excluding hydrogens is 458 g/mol. The summed E-state index contributed by atoms with van der Waals surface area (Å²) in [5.41, 5.74) is 2.80. The summed E-state index contributed by atoms with van der Waals surface area (Å²) in [6.45, 7) is 4.32. The Morgan fingerprint density at radius 1 is 1.03 bits per heavy atom. The Labute approximate surface area is 210 Å². The molecular formula is C28H31N3O5. The number of likely N-dealkylation sites (tertiary alicyclic amines) is 1. The van der Waals surface area contributed by atoms with Gasteiger partial charge >= 0.3 is 12.0 Å². The molecule has 2 aromatic carbocycles. The number of anilines is 1. The predicted molar refractivity (Wildman–Crippen MR) is 136 cm³/mol. The predicted octanol–water partition coefficient (Wildman–Crippen LogP) is 4.97. The van der Waals surface area contributed by atoms with Gasteiger partial charge in [0.05, 0.1) is 25.5 Å². The first-order valence-corrected chi connectivity index (χ1v) is 12.0. The summed E-state index contributed by atoms with van der Waals surface area (Å²) in [7, 11) is 1.37. The van der Waals surface area contributed by atoms with Crippen LogP contribution < -0.4 is 5.32 Å². The van der Waals surface area contributed by atoms with E-state index in [1.54, 1.807) is 42.7 Å². The quantitative estimate of drug-likeness (QED) is 0.355. The number of urea groups is 1. The molecule has 0 radical (unpaired) electrons. The number of furan rings is 1. The first-order chi connectivity index (χ1) is 17.4. The number of carbonyl (C=O) groups excluding carboxylic acids is 3. The average Bonchev–Trinajstić information content (AvgIpc) is 3.41. The van der Waals surface area contributed by atoms with Crippen LogP contribution in [0.15, 0.2) is 71.3 Å². The van der Waals surface area contributed by atoms with E-state index in [2.05, 4.69) is 10.2 Å². The van der Waals surface area contributed by atoms with Gasteiger partial charge in [-0.15, -0.1) is 0 Å². The molecule has 0 saturated carbocycles. The van der Waals surface area contributed by atoms with Crippen molar-refractivity contribution in [3.05, 3.63) is 89.4 Å². The molecule has 1 saturated heterocycles. The summed E-state index contributed by atoms with van der Waals surface area (Å²) in [5.74, 6) is 0.326. The van der Waals surface area contributed by atoms with E-state index in [0.717, 1.165) is 43.8 Å². The van der Waals surface area contributed by atoms with Crippen LogP contribution in [0, 0.1) is 0 Å². The molecule has 2 heterocycles. The number of Topliss-reactive ketones (excluding diaryl/α,β-unsaturated/α-hetero) is 1. The van der Waals surface area contributed by atoms with Gasteiger partial charge in [0, 0.05) is 36.9 Å². The smallest absolute Gasteiger partial charge is 0.337 e. The Balaban J connectivity index is 1.39. The van der Waals surface area contributed by atoms with Crippen LogP contribution in [0.3, 0.4) is 0 Å². The van der Waals surface area contributed by atoms with Crippen molar-refractivity contribution < 1.29 is 23.5 Å². The number of nitrogens with zero attached hydrogens (tertiary/aromatic N) is 2. The largest absolute Gasteiger partial charge is 0.467 e. The normalized spacial score (nSPS) is 14.3. The minimum absolute atomic E-state index is 0.0454. The highest BCUT2D eigenvalue weighted by Crippen LogP contribution is 2.23. The Morgan fingerprint density at radius 3 is 2.42 bits per heavy atom. The number of methoxy groups -OCH3 is 1. The highest BCUT2D eigenvalue weighted by molar-refractivity contribution is 5.96. The molecule has 0 bridgehead atoms. The fourth-order valence-corrected chi connectivity index (χ4v) is 4.46. The molecule has 4 rings (SSSR count). The lowest BCUT2D eigenvalue weighted by atomic mass is 10.0. The van der Waals surface area contributed by atoms with Crippen molar-refractivity contribution in [3.63, 3.8) is 0 Å². The van der Waals surface area contributed by atoms with Gasteiger partial charge in [-0.05, 0) is 61.7 Å². The molecule has 0 aliphatic carbocycles. The first kappa shape index (κ1) is 25.2. The van der Waals surface area contributed by atoms with Crippen molar-refractivity contribution in [3.8, 4) is 0 Å². The Kier molecular flexibility index (Phi) is 8.17. The standard InChI is InChI=1S/C28H31N3O5/c1-20(32)23-5-3-6-24(17-23)29-28(34)31(19-26-7-4-16-36-26)25-12-14-30(15-13-25)18-21-8-10-22(11-9-21)27(33)35-2/h3-11,16-17,25H,12-15,18-19H2,1-2H3,(H,29,34). The third-order valence-electron chi connectivity index (χ3n) is 6.47. The number of amides is 2. The van der Waals surface area contributed by atoms with Gasteiger partial charge < -0.3 is 19.4 Å². The SMILES string of the molecule is COC(=O)c1ccc(CN2CCC(N(Cc3ccco3)C(=O)Nc3cccc(C(C)=O)c3)CC2)cc1. The van der Waals surface area contributed by atoms with Crippen molar-refractivity contribution >= 4 is 23.5 Å². The van der Waals surface area contributed by atoms with E-state index in [0.29, 0.717) is 23.4 Å². The summed E-state index contributed by atoms with van der Waals surface area (Å²) >= 11 is 0. The maximum Gasteiger partial charge on any atom is 0.337 e. The maximum atomic E-state index is 13.3. The van der Waals surface area contributed by atoms with Crippen LogP contribution in [0.2, 0.25) is 0 Å². The summed E-state index contributed by atoms with van der Waals surface area (Å²) < 4.78 is 10.3. The van der Waals surface area contributed by atoms with Gasteiger partial charge in [-0.1, -0.05) is 24.3 Å². The number of esters is 1. The molecule has 1 aromatic heterocycles. The van der Waals surface area contributed by atoms with Gasteiger partial charge in [-0.3, -0.25) is 9.69 Å². The van der Waals surface area contributed by atoms with Gasteiger partial charge in [0.2, 0.25) is 0 Å². The summed E-state index contributed by atoms with van der Waals surface area (Å²) in [6.07, 6.45) is 3.25. The number of ether oxygens (including phenoxy) is 1. The van der Waals surface area contributed by atoms with E-state index in [4.69, 9.17) is 9.15 Å². The van der Waals surface area contributed by atoms with Gasteiger partial charge in [0.1, 0.15) is 5.76 Å². The molecule has 1 N–H and O–H groups in total. The highest BCUT2D eigenvalue weighted by Gasteiger charge is 2.29. The molecule has 3 aromatic rings. The maximum absolute atomic E-state index is 13.3. The summed E-state index contributed by atoms with van der Waals surface area (Å²) in [6, 6.07) is 17.9. The van der Waals surface area contributed by atoms with E-state index in [-0.39, 0.29) is 23.8 Å². The Hall–Kier alpha value is -3.91. The molecule has 8 nitrogen and oxygen atoms in total. The minimum Gasteiger partial charge on any atom is -0.467 e. The zero-order valence-electron chi connectivity index (χ0n) is 20.6. The highest BCUT2D eigenvalue weighted by atomic mass is 16.5. The van der Waals surface area contributed by atoms with Crippen molar-refractivity contribution in [2.24, 2.45) is 0 Å². The monoisotopic (exact) mass is 489 g/mol. The number of nitrogens with one attached hydrogen (secondary N) is 1. The number of rotatable bonds is 8. The van der Waals surface area contributed by atoms with Gasteiger partial charge in [0.25, 0.3) is 0 Å². The molecule has 1 fully saturated rings. The third kappa shape index (κ3) is 6.40. The lowest BCUT2D eigenvalue weighted by Crippen LogP contribution is -2.48. The van der Waals surface area contributed by atoms with Crippen LogP contribution in [0.25, 0.3) is 0 Å². The van der Waals surface area contributed by atoms with E-state index >= 15 is 0 Å². The molecule has 36 heavy (non-hydrogen) atoms. The number of hydrogen-bond donors (Lipinski definition) is 1. The van der Waals surface area contributed by atoms with Crippen molar-refractivity contribution in [1.29, 1.82) is 0 Å². The lowest BCUT2D eigenvalue weighted by Gasteiger charge is -2.38. The van der Waals surface area contributed by atoms with Crippen LogP contribution >= 0.6 is 0 Å². The second kappa shape index (κ2) is 11.7. The number of hydrogen-bond acceptors (Lipinski definition) is 6. The Bertz CT molecular complexity index is 1180. The van der Waals surface area contributed by atoms with E-state index in [9.17, 15) is 14.4 Å². The van der Waals surface area contributed by atoms with Gasteiger partial charge in [0.15, 0.2) is 5.78 Å². The molecule has 8 heteroatoms. The number of ketones is 1. The van der Waals surface area contributed by atoms with Gasteiger partial charge in [-0.25, -0.2) is 9.59 Å². The summed E-state index contributed by atoms with van der Waals surface area (Å²) in [4.78, 5) is 40.9. The van der Waals surface area contributed by atoms with E-state index < -0.39 is 0 Å². The fraction of sp³-hybridized carbons (Fsp3) is 0.321. The van der Waals surface area contributed by atoms with Crippen molar-refractivity contribution in [1.82, 2.24) is 9.80 Å². The zero-order valence-corrected chi connectivity index (χ0v) is 20.6. The van der Waals surface area contributed by atoms with Crippen LogP contribution in [-0.2, 0) is 17.8 Å². The molecule has 0 spiro atoms. The van der Waals surface area contributed by atoms with Gasteiger partial charge in [-0.2, -0.15) is 0 Å².